The second-order valence-electron chi connectivity index (χ2n) is 18.5. The van der Waals surface area contributed by atoms with Gasteiger partial charge in [0.05, 0.1) is 11.0 Å². The van der Waals surface area contributed by atoms with Crippen molar-refractivity contribution in [2.24, 2.45) is 0 Å². The van der Waals surface area contributed by atoms with E-state index in [1.807, 2.05) is 0 Å². The van der Waals surface area contributed by atoms with Crippen LogP contribution >= 0.6 is 0 Å². The molecule has 0 spiro atoms. The van der Waals surface area contributed by atoms with Gasteiger partial charge in [-0.2, -0.15) is 0 Å². The second-order valence-corrected chi connectivity index (χ2v) is 18.5. The first-order valence-electron chi connectivity index (χ1n) is 23.3. The molecule has 0 bridgehead atoms. The fourth-order valence-electron chi connectivity index (χ4n) is 11.1. The maximum absolute atomic E-state index is 2.40. The van der Waals surface area contributed by atoms with E-state index < -0.39 is 0 Å². The molecule has 2 nitrogen and oxygen atoms in total. The van der Waals surface area contributed by atoms with Crippen molar-refractivity contribution in [3.05, 3.63) is 254 Å². The van der Waals surface area contributed by atoms with Crippen LogP contribution in [0.3, 0.4) is 0 Å². The molecule has 0 saturated heterocycles. The Balaban J connectivity index is 0.938. The van der Waals surface area contributed by atoms with Crippen LogP contribution in [0.4, 0.5) is 17.1 Å². The molecule has 1 aliphatic rings. The lowest BCUT2D eigenvalue weighted by molar-refractivity contribution is 0.660. The Labute approximate surface area is 391 Å². The van der Waals surface area contributed by atoms with Gasteiger partial charge < -0.3 is 9.47 Å². The lowest BCUT2D eigenvalue weighted by Gasteiger charge is -2.27. The van der Waals surface area contributed by atoms with Gasteiger partial charge in [-0.3, -0.25) is 0 Å². The molecule has 0 atom stereocenters. The number of hydrogen-bond donors (Lipinski definition) is 0. The molecule has 0 amide bonds. The minimum atomic E-state index is -0.0572. The van der Waals surface area contributed by atoms with Gasteiger partial charge in [0.15, 0.2) is 0 Å². The van der Waals surface area contributed by atoms with E-state index in [2.05, 4.69) is 266 Å². The SMILES string of the molecule is CC1(C)c2ccccc2-c2c(-c3ccc(N(c4ccc(-c5cccc6c5ccc5ccccc56)cc4)c4cccc(-c5ccc6c7ccccc7n(-c7ccccc7)c6c5)c4)cc3)cccc21. The van der Waals surface area contributed by atoms with E-state index in [-0.39, 0.29) is 5.41 Å². The number of fused-ring (bicyclic) bond motifs is 9. The first kappa shape index (κ1) is 39.0. The molecule has 0 aliphatic heterocycles. The second kappa shape index (κ2) is 15.3. The van der Waals surface area contributed by atoms with E-state index in [0.717, 1.165) is 28.3 Å². The standard InChI is InChI=1S/C65H46N2/c1-65(2)60-26-10-8-22-59(60)64-54(24-14-27-61(64)65)45-31-37-50(38-32-45)66(49-35-29-44(30-36-49)53-23-13-25-55-52-20-7-6-15-43(52)33-39-56(53)55)51-19-12-16-46(41-51)47-34-40-58-57-21-9-11-28-62(57)67(63(58)42-47)48-17-4-3-5-18-48/h3-42H,1-2H3. The van der Waals surface area contributed by atoms with Crippen LogP contribution in [-0.2, 0) is 5.41 Å². The molecular formula is C65H46N2. The quantitative estimate of drug-likeness (QED) is 0.145. The Morgan fingerprint density at radius 2 is 0.896 bits per heavy atom. The third-order valence-corrected chi connectivity index (χ3v) is 14.4. The van der Waals surface area contributed by atoms with E-state index in [1.54, 1.807) is 0 Å². The zero-order valence-electron chi connectivity index (χ0n) is 37.5. The van der Waals surface area contributed by atoms with Gasteiger partial charge in [-0.1, -0.05) is 196 Å². The summed E-state index contributed by atoms with van der Waals surface area (Å²) in [7, 11) is 0. The number of rotatable bonds is 7. The van der Waals surface area contributed by atoms with E-state index >= 15 is 0 Å². The zero-order valence-corrected chi connectivity index (χ0v) is 37.5. The summed E-state index contributed by atoms with van der Waals surface area (Å²) >= 11 is 0. The van der Waals surface area contributed by atoms with Gasteiger partial charge in [-0.15, -0.1) is 0 Å². The van der Waals surface area contributed by atoms with Gasteiger partial charge in [-0.05, 0) is 138 Å². The average Bonchev–Trinajstić information content (AvgIpc) is 3.85. The Bertz CT molecular complexity index is 3870. The predicted octanol–water partition coefficient (Wildman–Crippen LogP) is 17.9. The van der Waals surface area contributed by atoms with E-state index in [9.17, 15) is 0 Å². The summed E-state index contributed by atoms with van der Waals surface area (Å²) in [4.78, 5) is 2.40. The lowest BCUT2D eigenvalue weighted by atomic mass is 9.82. The number of aromatic nitrogens is 1. The third-order valence-electron chi connectivity index (χ3n) is 14.4. The summed E-state index contributed by atoms with van der Waals surface area (Å²) in [6.45, 7) is 4.70. The molecule has 11 aromatic carbocycles. The topological polar surface area (TPSA) is 8.17 Å². The maximum atomic E-state index is 2.40. The van der Waals surface area contributed by atoms with Crippen LogP contribution in [-0.4, -0.2) is 4.57 Å². The van der Waals surface area contributed by atoms with Crippen LogP contribution < -0.4 is 4.90 Å². The smallest absolute Gasteiger partial charge is 0.0547 e. The van der Waals surface area contributed by atoms with Gasteiger partial charge >= 0.3 is 0 Å². The highest BCUT2D eigenvalue weighted by Crippen LogP contribution is 2.52. The minimum Gasteiger partial charge on any atom is -0.310 e. The van der Waals surface area contributed by atoms with Gasteiger partial charge in [0.1, 0.15) is 0 Å². The zero-order chi connectivity index (χ0) is 44.6. The maximum Gasteiger partial charge on any atom is 0.0547 e. The van der Waals surface area contributed by atoms with Gasteiger partial charge in [0.2, 0.25) is 0 Å². The monoisotopic (exact) mass is 854 g/mol. The molecule has 13 rings (SSSR count). The van der Waals surface area contributed by atoms with Gasteiger partial charge in [0.25, 0.3) is 0 Å². The lowest BCUT2D eigenvalue weighted by Crippen LogP contribution is -2.14. The van der Waals surface area contributed by atoms with Crippen molar-refractivity contribution in [1.82, 2.24) is 4.57 Å². The summed E-state index contributed by atoms with van der Waals surface area (Å²) < 4.78 is 2.40. The van der Waals surface area contributed by atoms with Crippen molar-refractivity contribution in [1.29, 1.82) is 0 Å². The first-order valence-corrected chi connectivity index (χ1v) is 23.3. The van der Waals surface area contributed by atoms with Crippen LogP contribution in [0.5, 0.6) is 0 Å². The van der Waals surface area contributed by atoms with E-state index in [4.69, 9.17) is 0 Å². The highest BCUT2D eigenvalue weighted by molar-refractivity contribution is 6.12. The Hall–Kier alpha value is -8.46. The first-order chi connectivity index (χ1) is 33.0. The molecule has 0 fully saturated rings. The average molecular weight is 855 g/mol. The largest absolute Gasteiger partial charge is 0.310 e. The van der Waals surface area contributed by atoms with Gasteiger partial charge in [0, 0.05) is 38.9 Å². The molecule has 67 heavy (non-hydrogen) atoms. The molecule has 1 aromatic heterocycles. The molecular weight excluding hydrogens is 809 g/mol. The Kier molecular flexibility index (Phi) is 8.91. The minimum absolute atomic E-state index is 0.0572. The molecule has 0 N–H and O–H groups in total. The third kappa shape index (κ3) is 6.25. The molecule has 316 valence electrons. The summed E-state index contributed by atoms with van der Waals surface area (Å²) in [5.41, 5.74) is 19.5. The molecule has 1 aliphatic carbocycles. The summed E-state index contributed by atoms with van der Waals surface area (Å²) in [5.74, 6) is 0. The van der Waals surface area contributed by atoms with Crippen LogP contribution in [0.25, 0.3) is 93.5 Å². The van der Waals surface area contributed by atoms with Crippen molar-refractivity contribution in [3.8, 4) is 50.2 Å². The molecule has 2 heteroatoms. The van der Waals surface area contributed by atoms with Crippen molar-refractivity contribution < 1.29 is 0 Å². The van der Waals surface area contributed by atoms with Crippen molar-refractivity contribution >= 4 is 60.4 Å². The number of benzene rings is 11. The number of nitrogens with zero attached hydrogens (tertiary/aromatic N) is 2. The summed E-state index contributed by atoms with van der Waals surface area (Å²) in [6.07, 6.45) is 0. The molecule has 0 saturated carbocycles. The van der Waals surface area contributed by atoms with E-state index in [0.29, 0.717) is 0 Å². The summed E-state index contributed by atoms with van der Waals surface area (Å²) in [6, 6.07) is 89.4. The van der Waals surface area contributed by atoms with Crippen LogP contribution in [0.2, 0.25) is 0 Å². The van der Waals surface area contributed by atoms with Crippen LogP contribution in [0.1, 0.15) is 25.0 Å². The van der Waals surface area contributed by atoms with Crippen molar-refractivity contribution in [3.63, 3.8) is 0 Å². The Morgan fingerprint density at radius 3 is 1.72 bits per heavy atom. The molecule has 12 aromatic rings. The van der Waals surface area contributed by atoms with Crippen LogP contribution in [0, 0.1) is 0 Å². The highest BCUT2D eigenvalue weighted by Gasteiger charge is 2.36. The van der Waals surface area contributed by atoms with Gasteiger partial charge in [-0.25, -0.2) is 0 Å². The number of para-hydroxylation sites is 2. The molecule has 0 unspecified atom stereocenters. The predicted molar refractivity (Wildman–Crippen MR) is 284 cm³/mol. The van der Waals surface area contributed by atoms with Crippen molar-refractivity contribution in [2.45, 2.75) is 19.3 Å². The fourth-order valence-corrected chi connectivity index (χ4v) is 11.1. The number of hydrogen-bond acceptors (Lipinski definition) is 1. The Morgan fingerprint density at radius 1 is 0.328 bits per heavy atom. The molecule has 1 heterocycles. The van der Waals surface area contributed by atoms with E-state index in [1.165, 1.54) is 93.4 Å². The number of anilines is 3. The fraction of sp³-hybridized carbons (Fsp3) is 0.0462. The summed E-state index contributed by atoms with van der Waals surface area (Å²) in [5, 5.41) is 7.58. The van der Waals surface area contributed by atoms with Crippen molar-refractivity contribution in [2.75, 3.05) is 4.90 Å². The normalized spacial score (nSPS) is 12.7. The highest BCUT2D eigenvalue weighted by atomic mass is 15.1. The van der Waals surface area contributed by atoms with Crippen LogP contribution in [0.15, 0.2) is 243 Å². The molecule has 0 radical (unpaired) electrons.